The number of nitrogens with zero attached hydrogens (tertiary/aromatic N) is 1. The van der Waals surface area contributed by atoms with Gasteiger partial charge in [-0.2, -0.15) is 0 Å². The Morgan fingerprint density at radius 3 is 2.54 bits per heavy atom. The third kappa shape index (κ3) is 5.69. The maximum atomic E-state index is 13.0. The van der Waals surface area contributed by atoms with Crippen LogP contribution in [0, 0.1) is 13.8 Å². The minimum atomic E-state index is -0.0376. The van der Waals surface area contributed by atoms with Gasteiger partial charge in [0.25, 0.3) is 0 Å². The Balaban J connectivity index is 1.38. The van der Waals surface area contributed by atoms with Crippen molar-refractivity contribution >= 4 is 29.2 Å². The number of amides is 1. The number of Topliss-reactive ketones (excluding diaryl/α,β-unsaturated/α-hetero) is 1. The van der Waals surface area contributed by atoms with E-state index in [-0.39, 0.29) is 11.7 Å². The number of aliphatic imine (C=N–C) groups is 1. The van der Waals surface area contributed by atoms with Crippen molar-refractivity contribution in [3.8, 4) is 0 Å². The first-order valence-corrected chi connectivity index (χ1v) is 11.7. The molecule has 0 saturated heterocycles. The number of carbonyl (C=O) groups is 2. The molecule has 1 aromatic carbocycles. The van der Waals surface area contributed by atoms with Crippen molar-refractivity contribution < 1.29 is 14.3 Å². The summed E-state index contributed by atoms with van der Waals surface area (Å²) in [7, 11) is 1.62. The standard InChI is InChI=1S/C28H30N4O3/c1-18-22(16-24-26(35-3)17-23(32-24)21-12-9-15-29-21)30-19(2)28(18)25(33)13-7-8-14-27(34)31-20-10-5-4-6-11-20/h4-6,9-12,15-17,29-30H,7-8,13-14H2,1-3H3,(H,31,34)/b24-16-. The number of aromatic nitrogens is 2. The molecule has 1 aliphatic rings. The molecule has 35 heavy (non-hydrogen) atoms. The van der Waals surface area contributed by atoms with Crippen LogP contribution < -0.4 is 5.32 Å². The number of ketones is 1. The van der Waals surface area contributed by atoms with E-state index in [0.717, 1.165) is 34.0 Å². The van der Waals surface area contributed by atoms with Gasteiger partial charge in [-0.15, -0.1) is 0 Å². The van der Waals surface area contributed by atoms with Gasteiger partial charge in [-0.1, -0.05) is 18.2 Å². The van der Waals surface area contributed by atoms with E-state index in [2.05, 4.69) is 15.3 Å². The number of allylic oxidation sites excluding steroid dienone is 1. The molecule has 0 atom stereocenters. The predicted octanol–water partition coefficient (Wildman–Crippen LogP) is 5.72. The van der Waals surface area contributed by atoms with E-state index < -0.39 is 0 Å². The van der Waals surface area contributed by atoms with Crippen molar-refractivity contribution in [2.75, 3.05) is 12.4 Å². The van der Waals surface area contributed by atoms with E-state index in [1.54, 1.807) is 7.11 Å². The van der Waals surface area contributed by atoms with Gasteiger partial charge in [0.2, 0.25) is 5.91 Å². The molecule has 4 rings (SSSR count). The molecule has 3 aromatic rings. The van der Waals surface area contributed by atoms with Crippen LogP contribution in [0.1, 0.15) is 58.7 Å². The lowest BCUT2D eigenvalue weighted by molar-refractivity contribution is -0.116. The number of carbonyl (C=O) groups excluding carboxylic acids is 2. The lowest BCUT2D eigenvalue weighted by Crippen LogP contribution is -2.11. The summed E-state index contributed by atoms with van der Waals surface area (Å²) in [6, 6.07) is 13.3. The fraction of sp³-hybridized carbons (Fsp3) is 0.250. The van der Waals surface area contributed by atoms with Crippen molar-refractivity contribution in [2.45, 2.75) is 39.5 Å². The summed E-state index contributed by atoms with van der Waals surface area (Å²) < 4.78 is 5.52. The molecule has 0 fully saturated rings. The molecule has 2 aromatic heterocycles. The molecule has 7 heteroatoms. The fourth-order valence-corrected chi connectivity index (χ4v) is 4.22. The average molecular weight is 471 g/mol. The predicted molar refractivity (Wildman–Crippen MR) is 139 cm³/mol. The van der Waals surface area contributed by atoms with Crippen molar-refractivity contribution in [2.24, 2.45) is 4.99 Å². The number of anilines is 1. The van der Waals surface area contributed by atoms with Gasteiger partial charge < -0.3 is 20.0 Å². The fourth-order valence-electron chi connectivity index (χ4n) is 4.22. The Morgan fingerprint density at radius 1 is 1.06 bits per heavy atom. The molecule has 0 saturated carbocycles. The number of aromatic amines is 2. The zero-order valence-electron chi connectivity index (χ0n) is 20.3. The molecule has 1 aliphatic heterocycles. The summed E-state index contributed by atoms with van der Waals surface area (Å²) in [6.45, 7) is 3.85. The lowest BCUT2D eigenvalue weighted by Gasteiger charge is -2.05. The van der Waals surface area contributed by atoms with Crippen molar-refractivity contribution in [3.05, 3.63) is 94.4 Å². The Bertz CT molecular complexity index is 1300. The van der Waals surface area contributed by atoms with Crippen LogP contribution in [0.3, 0.4) is 0 Å². The van der Waals surface area contributed by atoms with Gasteiger partial charge >= 0.3 is 0 Å². The second-order valence-electron chi connectivity index (χ2n) is 8.53. The normalized spacial score (nSPS) is 14.1. The van der Waals surface area contributed by atoms with Crippen molar-refractivity contribution in [3.63, 3.8) is 0 Å². The van der Waals surface area contributed by atoms with E-state index in [4.69, 9.17) is 9.73 Å². The molecular formula is C28H30N4O3. The number of methoxy groups -OCH3 is 1. The van der Waals surface area contributed by atoms with Gasteiger partial charge in [0.05, 0.1) is 18.5 Å². The minimum absolute atomic E-state index is 0.0376. The highest BCUT2D eigenvalue weighted by atomic mass is 16.5. The van der Waals surface area contributed by atoms with Crippen LogP contribution in [0.2, 0.25) is 0 Å². The number of unbranched alkanes of at least 4 members (excludes halogenated alkanes) is 1. The van der Waals surface area contributed by atoms with Crippen LogP contribution in [0.4, 0.5) is 5.69 Å². The van der Waals surface area contributed by atoms with Gasteiger partial charge in [0, 0.05) is 47.8 Å². The number of hydrogen-bond acceptors (Lipinski definition) is 4. The molecule has 0 bridgehead atoms. The third-order valence-electron chi connectivity index (χ3n) is 6.01. The molecule has 7 nitrogen and oxygen atoms in total. The van der Waals surface area contributed by atoms with Crippen LogP contribution in [0.5, 0.6) is 0 Å². The molecule has 0 aliphatic carbocycles. The van der Waals surface area contributed by atoms with E-state index in [1.165, 1.54) is 0 Å². The van der Waals surface area contributed by atoms with Crippen LogP contribution in [-0.2, 0) is 9.53 Å². The Morgan fingerprint density at radius 2 is 1.83 bits per heavy atom. The molecule has 3 heterocycles. The zero-order valence-corrected chi connectivity index (χ0v) is 20.3. The SMILES string of the molecule is COC1=CC(c2ccc[nH]2)=N/C1=C\c1[nH]c(C)c(C(=O)CCCCC(=O)Nc2ccccc2)c1C. The highest BCUT2D eigenvalue weighted by Gasteiger charge is 2.21. The number of H-pyrrole nitrogens is 2. The molecule has 3 N–H and O–H groups in total. The van der Waals surface area contributed by atoms with Gasteiger partial charge in [0.15, 0.2) is 5.78 Å². The second-order valence-corrected chi connectivity index (χ2v) is 8.53. The molecule has 0 spiro atoms. The van der Waals surface area contributed by atoms with Crippen LogP contribution in [0.15, 0.2) is 71.2 Å². The zero-order chi connectivity index (χ0) is 24.8. The van der Waals surface area contributed by atoms with Crippen molar-refractivity contribution in [1.29, 1.82) is 0 Å². The van der Waals surface area contributed by atoms with Crippen molar-refractivity contribution in [1.82, 2.24) is 9.97 Å². The quantitative estimate of drug-likeness (QED) is 0.261. The molecule has 1 amide bonds. The topological polar surface area (TPSA) is 99.3 Å². The Labute approximate surface area is 205 Å². The minimum Gasteiger partial charge on any atom is -0.494 e. The highest BCUT2D eigenvalue weighted by molar-refractivity contribution is 6.11. The summed E-state index contributed by atoms with van der Waals surface area (Å²) in [4.78, 5) is 36.3. The largest absolute Gasteiger partial charge is 0.494 e. The molecule has 0 radical (unpaired) electrons. The first-order chi connectivity index (χ1) is 17.0. The van der Waals surface area contributed by atoms with E-state index in [0.29, 0.717) is 42.7 Å². The third-order valence-corrected chi connectivity index (χ3v) is 6.01. The Kier molecular flexibility index (Phi) is 7.45. The van der Waals surface area contributed by atoms with E-state index >= 15 is 0 Å². The summed E-state index contributed by atoms with van der Waals surface area (Å²) in [5.41, 5.74) is 6.46. The lowest BCUT2D eigenvalue weighted by atomic mass is 10.0. The highest BCUT2D eigenvalue weighted by Crippen LogP contribution is 2.28. The van der Waals surface area contributed by atoms with Gasteiger partial charge in [-0.3, -0.25) is 9.59 Å². The van der Waals surface area contributed by atoms with Crippen LogP contribution in [-0.4, -0.2) is 34.5 Å². The number of para-hydroxylation sites is 1. The number of benzene rings is 1. The average Bonchev–Trinajstić information content (AvgIpc) is 3.57. The van der Waals surface area contributed by atoms with E-state index in [9.17, 15) is 9.59 Å². The summed E-state index contributed by atoms with van der Waals surface area (Å²) in [5.74, 6) is 0.709. The van der Waals surface area contributed by atoms with E-state index in [1.807, 2.05) is 74.7 Å². The number of rotatable bonds is 10. The van der Waals surface area contributed by atoms with Gasteiger partial charge in [0.1, 0.15) is 11.5 Å². The number of hydrogen-bond donors (Lipinski definition) is 3. The smallest absolute Gasteiger partial charge is 0.224 e. The summed E-state index contributed by atoms with van der Waals surface area (Å²) >= 11 is 0. The molecular weight excluding hydrogens is 440 g/mol. The number of ether oxygens (including phenoxy) is 1. The number of aryl methyl sites for hydroxylation is 1. The van der Waals surface area contributed by atoms with Crippen LogP contribution >= 0.6 is 0 Å². The first kappa shape index (κ1) is 24.0. The Hall–Kier alpha value is -4.13. The summed E-state index contributed by atoms with van der Waals surface area (Å²) in [5, 5.41) is 2.88. The van der Waals surface area contributed by atoms with Gasteiger partial charge in [-0.05, 0) is 62.6 Å². The monoisotopic (exact) mass is 470 g/mol. The first-order valence-electron chi connectivity index (χ1n) is 11.7. The second kappa shape index (κ2) is 10.9. The van der Waals surface area contributed by atoms with Gasteiger partial charge in [-0.25, -0.2) is 4.99 Å². The number of nitrogens with one attached hydrogen (secondary N) is 3. The van der Waals surface area contributed by atoms with Crippen LogP contribution in [0.25, 0.3) is 6.08 Å². The maximum Gasteiger partial charge on any atom is 0.224 e. The molecule has 180 valence electrons. The summed E-state index contributed by atoms with van der Waals surface area (Å²) in [6.07, 6.45) is 7.75. The molecule has 0 unspecified atom stereocenters. The maximum absolute atomic E-state index is 13.0.